The van der Waals surface area contributed by atoms with Gasteiger partial charge < -0.3 is 30.5 Å². The predicted molar refractivity (Wildman–Crippen MR) is 134 cm³/mol. The van der Waals surface area contributed by atoms with Gasteiger partial charge in [0, 0.05) is 13.1 Å². The van der Waals surface area contributed by atoms with Crippen molar-refractivity contribution in [3.63, 3.8) is 0 Å². The lowest BCUT2D eigenvalue weighted by Gasteiger charge is -2.40. The summed E-state index contributed by atoms with van der Waals surface area (Å²) in [7, 11) is 0. The number of hydrogen-bond donors (Lipinski definition) is 4. The van der Waals surface area contributed by atoms with Gasteiger partial charge in [-0.2, -0.15) is 13.2 Å². The summed E-state index contributed by atoms with van der Waals surface area (Å²) < 4.78 is 44.4. The van der Waals surface area contributed by atoms with Gasteiger partial charge >= 0.3 is 12.3 Å². The SMILES string of the molecule is CC(C)(NC(=O)O)C(=O)NC(COCc1ccccc1)C(=O)N1CCC(O)(c2ccc(C(F)(F)F)cc2)CC1. The minimum Gasteiger partial charge on any atom is -0.465 e. The van der Waals surface area contributed by atoms with Crippen molar-refractivity contribution in [3.8, 4) is 0 Å². The number of carboxylic acid groups (broad SMARTS) is 1. The van der Waals surface area contributed by atoms with Crippen LogP contribution < -0.4 is 10.6 Å². The van der Waals surface area contributed by atoms with Crippen LogP contribution in [0.5, 0.6) is 0 Å². The Morgan fingerprint density at radius 2 is 1.62 bits per heavy atom. The minimum absolute atomic E-state index is 0.0711. The lowest BCUT2D eigenvalue weighted by Crippen LogP contribution is -2.60. The monoisotopic (exact) mass is 551 g/mol. The maximum atomic E-state index is 13.4. The highest BCUT2D eigenvalue weighted by Crippen LogP contribution is 2.35. The first-order chi connectivity index (χ1) is 18.2. The van der Waals surface area contributed by atoms with E-state index in [1.165, 1.54) is 30.9 Å². The van der Waals surface area contributed by atoms with Crippen molar-refractivity contribution in [2.24, 2.45) is 0 Å². The summed E-state index contributed by atoms with van der Waals surface area (Å²) in [6.07, 6.45) is -5.76. The number of benzene rings is 2. The van der Waals surface area contributed by atoms with Gasteiger partial charge in [0.2, 0.25) is 11.8 Å². The predicted octanol–water partition coefficient (Wildman–Crippen LogP) is 3.26. The summed E-state index contributed by atoms with van der Waals surface area (Å²) in [6, 6.07) is 12.3. The number of halogens is 3. The van der Waals surface area contributed by atoms with E-state index in [9.17, 15) is 32.7 Å². The molecule has 2 aromatic rings. The maximum absolute atomic E-state index is 13.4. The van der Waals surface area contributed by atoms with Crippen molar-refractivity contribution in [2.45, 2.75) is 56.7 Å². The van der Waals surface area contributed by atoms with Crippen molar-refractivity contribution >= 4 is 17.9 Å². The van der Waals surface area contributed by atoms with Crippen molar-refractivity contribution in [1.82, 2.24) is 15.5 Å². The Morgan fingerprint density at radius 1 is 1.03 bits per heavy atom. The largest absolute Gasteiger partial charge is 0.465 e. The van der Waals surface area contributed by atoms with Crippen LogP contribution in [0.4, 0.5) is 18.0 Å². The number of nitrogens with zero attached hydrogens (tertiary/aromatic N) is 1. The molecule has 0 bridgehead atoms. The normalized spacial score (nSPS) is 16.3. The van der Waals surface area contributed by atoms with E-state index in [4.69, 9.17) is 9.84 Å². The van der Waals surface area contributed by atoms with Crippen molar-refractivity contribution < 1.29 is 42.5 Å². The Hall–Kier alpha value is -3.64. The second-order valence-corrected chi connectivity index (χ2v) is 10.0. The first kappa shape index (κ1) is 29.9. The zero-order valence-electron chi connectivity index (χ0n) is 21.6. The second kappa shape index (κ2) is 12.0. The summed E-state index contributed by atoms with van der Waals surface area (Å²) in [4.78, 5) is 38.8. The van der Waals surface area contributed by atoms with Gasteiger partial charge in [-0.3, -0.25) is 9.59 Å². The molecule has 1 saturated heterocycles. The summed E-state index contributed by atoms with van der Waals surface area (Å²) in [5.41, 5.74) is -2.61. The van der Waals surface area contributed by atoms with E-state index in [0.717, 1.165) is 17.7 Å². The summed E-state index contributed by atoms with van der Waals surface area (Å²) in [5, 5.41) is 24.8. The van der Waals surface area contributed by atoms with Gasteiger partial charge in [-0.15, -0.1) is 0 Å². The Balaban J connectivity index is 1.69. The zero-order valence-corrected chi connectivity index (χ0v) is 21.6. The lowest BCUT2D eigenvalue weighted by molar-refractivity contribution is -0.143. The first-order valence-electron chi connectivity index (χ1n) is 12.3. The fourth-order valence-electron chi connectivity index (χ4n) is 4.28. The highest BCUT2D eigenvalue weighted by atomic mass is 19.4. The molecule has 1 aliphatic rings. The van der Waals surface area contributed by atoms with E-state index < -0.39 is 46.8 Å². The van der Waals surface area contributed by atoms with Crippen LogP contribution in [0, 0.1) is 0 Å². The topological polar surface area (TPSA) is 128 Å². The number of hydrogen-bond acceptors (Lipinski definition) is 5. The van der Waals surface area contributed by atoms with Crippen molar-refractivity contribution in [3.05, 3.63) is 71.3 Å². The lowest BCUT2D eigenvalue weighted by atomic mass is 9.84. The van der Waals surface area contributed by atoms with Gasteiger partial charge in [-0.05, 0) is 49.9 Å². The molecular weight excluding hydrogens is 519 g/mol. The highest BCUT2D eigenvalue weighted by molar-refractivity contribution is 5.93. The minimum atomic E-state index is -4.49. The average Bonchev–Trinajstić information content (AvgIpc) is 2.87. The number of aliphatic hydroxyl groups is 1. The number of ether oxygens (including phenoxy) is 1. The van der Waals surface area contributed by atoms with Crippen LogP contribution >= 0.6 is 0 Å². The summed E-state index contributed by atoms with van der Waals surface area (Å²) in [5.74, 6) is -1.22. The van der Waals surface area contributed by atoms with Gasteiger partial charge in [0.25, 0.3) is 0 Å². The highest BCUT2D eigenvalue weighted by Gasteiger charge is 2.39. The Bertz CT molecular complexity index is 1150. The van der Waals surface area contributed by atoms with Crippen LogP contribution in [-0.4, -0.2) is 64.3 Å². The third-order valence-corrected chi connectivity index (χ3v) is 6.64. The zero-order chi connectivity index (χ0) is 28.8. The molecule has 3 rings (SSSR count). The molecule has 0 spiro atoms. The number of carbonyl (C=O) groups is 3. The van der Waals surface area contributed by atoms with Crippen LogP contribution in [0.15, 0.2) is 54.6 Å². The third-order valence-electron chi connectivity index (χ3n) is 6.64. The molecule has 0 saturated carbocycles. The number of likely N-dealkylation sites (tertiary alicyclic amines) is 1. The third kappa shape index (κ3) is 7.93. The van der Waals surface area contributed by atoms with Crippen LogP contribution in [0.1, 0.15) is 43.4 Å². The molecule has 1 aliphatic heterocycles. The van der Waals surface area contributed by atoms with Crippen LogP contribution in [0.2, 0.25) is 0 Å². The second-order valence-electron chi connectivity index (χ2n) is 10.0. The molecule has 9 nitrogen and oxygen atoms in total. The number of alkyl halides is 3. The number of nitrogens with one attached hydrogen (secondary N) is 2. The van der Waals surface area contributed by atoms with Gasteiger partial charge in [-0.25, -0.2) is 4.79 Å². The number of amides is 3. The Morgan fingerprint density at radius 3 is 2.15 bits per heavy atom. The van der Waals surface area contributed by atoms with E-state index in [-0.39, 0.29) is 39.1 Å². The van der Waals surface area contributed by atoms with Crippen LogP contribution in [-0.2, 0) is 32.7 Å². The van der Waals surface area contributed by atoms with Crippen molar-refractivity contribution in [1.29, 1.82) is 0 Å². The average molecular weight is 552 g/mol. The molecule has 1 fully saturated rings. The van der Waals surface area contributed by atoms with Gasteiger partial charge in [-0.1, -0.05) is 42.5 Å². The van der Waals surface area contributed by atoms with E-state index in [1.54, 1.807) is 0 Å². The number of piperidine rings is 1. The molecule has 1 atom stereocenters. The van der Waals surface area contributed by atoms with Gasteiger partial charge in [0.1, 0.15) is 11.6 Å². The standard InChI is InChI=1S/C27H32F3N3O6/c1-25(2,32-24(36)37)23(35)31-21(17-39-16-18-6-4-3-5-7-18)22(34)33-14-12-26(38,13-15-33)19-8-10-20(11-9-19)27(28,29)30/h3-11,21,32,38H,12-17H2,1-2H3,(H,31,35)(H,36,37). The quantitative estimate of drug-likeness (QED) is 0.379. The summed E-state index contributed by atoms with van der Waals surface area (Å²) >= 11 is 0. The maximum Gasteiger partial charge on any atom is 0.416 e. The fourth-order valence-corrected chi connectivity index (χ4v) is 4.28. The molecule has 0 aliphatic carbocycles. The van der Waals surface area contributed by atoms with Crippen molar-refractivity contribution in [2.75, 3.05) is 19.7 Å². The van der Waals surface area contributed by atoms with E-state index in [0.29, 0.717) is 5.56 Å². The molecule has 212 valence electrons. The van der Waals surface area contributed by atoms with Gasteiger partial charge in [0.05, 0.1) is 24.4 Å². The molecule has 0 aromatic heterocycles. The number of rotatable bonds is 9. The van der Waals surface area contributed by atoms with Gasteiger partial charge in [0.15, 0.2) is 0 Å². The molecule has 2 aromatic carbocycles. The Labute approximate surface area is 223 Å². The van der Waals surface area contributed by atoms with E-state index >= 15 is 0 Å². The Kier molecular flexibility index (Phi) is 9.23. The fraction of sp³-hybridized carbons (Fsp3) is 0.444. The van der Waals surface area contributed by atoms with E-state index in [2.05, 4.69) is 10.6 Å². The van der Waals surface area contributed by atoms with Crippen LogP contribution in [0.25, 0.3) is 0 Å². The molecular formula is C27H32F3N3O6. The molecule has 4 N–H and O–H groups in total. The number of carbonyl (C=O) groups excluding carboxylic acids is 2. The molecule has 3 amide bonds. The summed E-state index contributed by atoms with van der Waals surface area (Å²) in [6.45, 7) is 2.85. The smallest absolute Gasteiger partial charge is 0.416 e. The molecule has 0 radical (unpaired) electrons. The van der Waals surface area contributed by atoms with E-state index in [1.807, 2.05) is 30.3 Å². The molecule has 1 heterocycles. The van der Waals surface area contributed by atoms with Crippen LogP contribution in [0.3, 0.4) is 0 Å². The molecule has 39 heavy (non-hydrogen) atoms. The molecule has 12 heteroatoms. The first-order valence-corrected chi connectivity index (χ1v) is 12.3. The molecule has 1 unspecified atom stereocenters.